The van der Waals surface area contributed by atoms with Crippen LogP contribution in [0.4, 0.5) is 0 Å². The second kappa shape index (κ2) is 5.84. The molecule has 1 saturated heterocycles. The van der Waals surface area contributed by atoms with E-state index in [2.05, 4.69) is 17.1 Å². The summed E-state index contributed by atoms with van der Waals surface area (Å²) < 4.78 is 10.3. The topological polar surface area (TPSA) is 54.7 Å². The van der Waals surface area contributed by atoms with Crippen LogP contribution >= 0.6 is 0 Å². The van der Waals surface area contributed by atoms with Crippen LogP contribution in [0.15, 0.2) is 22.8 Å². The van der Waals surface area contributed by atoms with E-state index in [1.54, 1.807) is 12.1 Å². The Kier molecular flexibility index (Phi) is 4.17. The molecular weight excluding hydrogens is 220 g/mol. The van der Waals surface area contributed by atoms with Crippen molar-refractivity contribution < 1.29 is 13.9 Å². The molecule has 5 heteroatoms. The number of nitrogens with zero attached hydrogens (tertiary/aromatic N) is 1. The van der Waals surface area contributed by atoms with Gasteiger partial charge in [0.15, 0.2) is 5.76 Å². The first-order valence-electron chi connectivity index (χ1n) is 5.91. The van der Waals surface area contributed by atoms with E-state index in [0.717, 1.165) is 26.3 Å². The first-order chi connectivity index (χ1) is 8.27. The number of morpholine rings is 1. The van der Waals surface area contributed by atoms with Gasteiger partial charge in [-0.1, -0.05) is 0 Å². The smallest absolute Gasteiger partial charge is 0.287 e. The van der Waals surface area contributed by atoms with Gasteiger partial charge in [-0.3, -0.25) is 9.69 Å². The molecule has 1 atom stereocenters. The Labute approximate surface area is 101 Å². The van der Waals surface area contributed by atoms with Crippen LogP contribution in [-0.4, -0.2) is 49.7 Å². The molecule has 2 heterocycles. The summed E-state index contributed by atoms with van der Waals surface area (Å²) in [5.74, 6) is 0.203. The maximum absolute atomic E-state index is 11.6. The van der Waals surface area contributed by atoms with Crippen LogP contribution in [0.3, 0.4) is 0 Å². The number of hydrogen-bond acceptors (Lipinski definition) is 4. The Balaban J connectivity index is 1.75. The fourth-order valence-electron chi connectivity index (χ4n) is 1.88. The van der Waals surface area contributed by atoms with Crippen LogP contribution in [-0.2, 0) is 4.74 Å². The minimum absolute atomic E-state index is 0.157. The standard InChI is InChI=1S/C12H18N2O3/c1-10(14-4-7-16-8-5-14)9-13-12(15)11-3-2-6-17-11/h2-3,6,10H,4-5,7-9H2,1H3,(H,13,15). The summed E-state index contributed by atoms with van der Waals surface area (Å²) in [5, 5.41) is 2.87. The molecule has 0 bridgehead atoms. The fourth-order valence-corrected chi connectivity index (χ4v) is 1.88. The largest absolute Gasteiger partial charge is 0.459 e. The molecule has 0 radical (unpaired) electrons. The molecule has 2 rings (SSSR count). The quantitative estimate of drug-likeness (QED) is 0.840. The number of rotatable bonds is 4. The molecule has 0 aromatic carbocycles. The van der Waals surface area contributed by atoms with Crippen LogP contribution in [0, 0.1) is 0 Å². The van der Waals surface area contributed by atoms with Crippen molar-refractivity contribution in [3.63, 3.8) is 0 Å². The first-order valence-corrected chi connectivity index (χ1v) is 5.91. The zero-order valence-corrected chi connectivity index (χ0v) is 10.0. The molecule has 1 aromatic heterocycles. The van der Waals surface area contributed by atoms with Crippen molar-refractivity contribution in [2.75, 3.05) is 32.8 Å². The minimum atomic E-state index is -0.157. The zero-order valence-electron chi connectivity index (χ0n) is 10.0. The van der Waals surface area contributed by atoms with Crippen LogP contribution in [0.1, 0.15) is 17.5 Å². The lowest BCUT2D eigenvalue weighted by Gasteiger charge is -2.32. The molecule has 0 aliphatic carbocycles. The average molecular weight is 238 g/mol. The molecule has 1 aliphatic rings. The Morgan fingerprint density at radius 1 is 1.53 bits per heavy atom. The van der Waals surface area contributed by atoms with Crippen molar-refractivity contribution in [2.45, 2.75) is 13.0 Å². The number of ether oxygens (including phenoxy) is 1. The summed E-state index contributed by atoms with van der Waals surface area (Å²) in [6.45, 7) is 6.13. The van der Waals surface area contributed by atoms with E-state index in [1.807, 2.05) is 0 Å². The van der Waals surface area contributed by atoms with Crippen LogP contribution in [0.2, 0.25) is 0 Å². The fraction of sp³-hybridized carbons (Fsp3) is 0.583. The molecule has 1 aliphatic heterocycles. The van der Waals surface area contributed by atoms with Gasteiger partial charge in [-0.05, 0) is 19.1 Å². The normalized spacial score (nSPS) is 18.9. The molecule has 1 unspecified atom stereocenters. The van der Waals surface area contributed by atoms with Gasteiger partial charge in [-0.25, -0.2) is 0 Å². The van der Waals surface area contributed by atoms with Crippen molar-refractivity contribution in [2.24, 2.45) is 0 Å². The minimum Gasteiger partial charge on any atom is -0.459 e. The summed E-state index contributed by atoms with van der Waals surface area (Å²) in [5.41, 5.74) is 0. The van der Waals surface area contributed by atoms with Gasteiger partial charge in [-0.2, -0.15) is 0 Å². The van der Waals surface area contributed by atoms with Gasteiger partial charge in [-0.15, -0.1) is 0 Å². The van der Waals surface area contributed by atoms with Crippen molar-refractivity contribution in [3.05, 3.63) is 24.2 Å². The highest BCUT2D eigenvalue weighted by Gasteiger charge is 2.18. The highest BCUT2D eigenvalue weighted by atomic mass is 16.5. The number of nitrogens with one attached hydrogen (secondary N) is 1. The highest BCUT2D eigenvalue weighted by molar-refractivity contribution is 5.91. The van der Waals surface area contributed by atoms with E-state index in [-0.39, 0.29) is 5.91 Å². The van der Waals surface area contributed by atoms with Crippen molar-refractivity contribution in [1.82, 2.24) is 10.2 Å². The van der Waals surface area contributed by atoms with Gasteiger partial charge < -0.3 is 14.5 Å². The summed E-state index contributed by atoms with van der Waals surface area (Å²) in [6.07, 6.45) is 1.50. The summed E-state index contributed by atoms with van der Waals surface area (Å²) >= 11 is 0. The molecule has 0 saturated carbocycles. The number of amides is 1. The van der Waals surface area contributed by atoms with Gasteiger partial charge in [0.25, 0.3) is 5.91 Å². The van der Waals surface area contributed by atoms with Crippen molar-refractivity contribution >= 4 is 5.91 Å². The molecule has 1 fully saturated rings. The summed E-state index contributed by atoms with van der Waals surface area (Å²) in [7, 11) is 0. The van der Waals surface area contributed by atoms with Gasteiger partial charge in [0, 0.05) is 25.7 Å². The Morgan fingerprint density at radius 3 is 2.94 bits per heavy atom. The lowest BCUT2D eigenvalue weighted by molar-refractivity contribution is 0.0203. The lowest BCUT2D eigenvalue weighted by atomic mass is 10.2. The predicted molar refractivity (Wildman–Crippen MR) is 62.9 cm³/mol. The summed E-state index contributed by atoms with van der Waals surface area (Å²) in [4.78, 5) is 14.0. The third kappa shape index (κ3) is 3.31. The third-order valence-corrected chi connectivity index (χ3v) is 2.97. The second-order valence-electron chi connectivity index (χ2n) is 4.18. The third-order valence-electron chi connectivity index (χ3n) is 2.97. The maximum Gasteiger partial charge on any atom is 0.287 e. The van der Waals surface area contributed by atoms with E-state index in [9.17, 15) is 4.79 Å². The van der Waals surface area contributed by atoms with E-state index < -0.39 is 0 Å². The lowest BCUT2D eigenvalue weighted by Crippen LogP contribution is -2.47. The Morgan fingerprint density at radius 2 is 2.29 bits per heavy atom. The number of carbonyl (C=O) groups excluding carboxylic acids is 1. The zero-order chi connectivity index (χ0) is 12.1. The van der Waals surface area contributed by atoms with Gasteiger partial charge in [0.05, 0.1) is 19.5 Å². The van der Waals surface area contributed by atoms with Crippen LogP contribution < -0.4 is 5.32 Å². The molecule has 17 heavy (non-hydrogen) atoms. The van der Waals surface area contributed by atoms with Gasteiger partial charge in [0.1, 0.15) is 0 Å². The van der Waals surface area contributed by atoms with E-state index >= 15 is 0 Å². The Bertz CT molecular complexity index is 345. The molecule has 1 aromatic rings. The SMILES string of the molecule is CC(CNC(=O)c1ccco1)N1CCOCC1. The maximum atomic E-state index is 11.6. The predicted octanol–water partition coefficient (Wildman–Crippen LogP) is 0.730. The number of carbonyl (C=O) groups is 1. The second-order valence-corrected chi connectivity index (χ2v) is 4.18. The van der Waals surface area contributed by atoms with Crippen LogP contribution in [0.5, 0.6) is 0 Å². The first kappa shape index (κ1) is 12.1. The molecule has 1 amide bonds. The monoisotopic (exact) mass is 238 g/mol. The molecular formula is C12H18N2O3. The van der Waals surface area contributed by atoms with E-state index in [0.29, 0.717) is 18.3 Å². The molecule has 5 nitrogen and oxygen atoms in total. The van der Waals surface area contributed by atoms with Crippen molar-refractivity contribution in [3.8, 4) is 0 Å². The van der Waals surface area contributed by atoms with E-state index in [1.165, 1.54) is 6.26 Å². The molecule has 94 valence electrons. The summed E-state index contributed by atoms with van der Waals surface area (Å²) in [6, 6.07) is 3.69. The Hall–Kier alpha value is -1.33. The molecule has 0 spiro atoms. The van der Waals surface area contributed by atoms with Crippen LogP contribution in [0.25, 0.3) is 0 Å². The van der Waals surface area contributed by atoms with Gasteiger partial charge >= 0.3 is 0 Å². The number of hydrogen-bond donors (Lipinski definition) is 1. The van der Waals surface area contributed by atoms with Gasteiger partial charge in [0.2, 0.25) is 0 Å². The highest BCUT2D eigenvalue weighted by Crippen LogP contribution is 2.03. The average Bonchev–Trinajstić information content (AvgIpc) is 2.90. The molecule has 1 N–H and O–H groups in total. The van der Waals surface area contributed by atoms with E-state index in [4.69, 9.17) is 9.15 Å². The van der Waals surface area contributed by atoms with Crippen molar-refractivity contribution in [1.29, 1.82) is 0 Å². The number of furan rings is 1.